The van der Waals surface area contributed by atoms with Crippen molar-refractivity contribution >= 4 is 16.9 Å². The molecule has 5 heteroatoms. The molecule has 1 unspecified atom stereocenters. The summed E-state index contributed by atoms with van der Waals surface area (Å²) in [6.45, 7) is 5.79. The van der Waals surface area contributed by atoms with Crippen LogP contribution in [-0.2, 0) is 11.2 Å². The van der Waals surface area contributed by atoms with E-state index in [0.717, 1.165) is 48.9 Å². The number of nitrogens with zero attached hydrogens (tertiary/aromatic N) is 4. The largest absolute Gasteiger partial charge is 0.340 e. The lowest BCUT2D eigenvalue weighted by atomic mass is 9.91. The van der Waals surface area contributed by atoms with E-state index in [0.29, 0.717) is 6.42 Å². The zero-order chi connectivity index (χ0) is 17.2. The van der Waals surface area contributed by atoms with Crippen LogP contribution in [0.2, 0.25) is 0 Å². The second-order valence-electron chi connectivity index (χ2n) is 7.40. The summed E-state index contributed by atoms with van der Waals surface area (Å²) in [5.74, 6) is 0.203. The third-order valence-electron chi connectivity index (χ3n) is 5.65. The average Bonchev–Trinajstić information content (AvgIpc) is 2.60. The number of para-hydroxylation sites is 2. The zero-order valence-electron chi connectivity index (χ0n) is 14.9. The minimum absolute atomic E-state index is 0.0503. The van der Waals surface area contributed by atoms with Crippen molar-refractivity contribution < 1.29 is 4.79 Å². The van der Waals surface area contributed by atoms with Crippen LogP contribution in [0.3, 0.4) is 0 Å². The first-order valence-corrected chi connectivity index (χ1v) is 9.44. The third-order valence-corrected chi connectivity index (χ3v) is 5.65. The van der Waals surface area contributed by atoms with Crippen LogP contribution in [0.25, 0.3) is 11.0 Å². The van der Waals surface area contributed by atoms with Gasteiger partial charge in [-0.25, -0.2) is 4.98 Å². The highest BCUT2D eigenvalue weighted by atomic mass is 16.2. The Bertz CT molecular complexity index is 750. The number of benzene rings is 1. The van der Waals surface area contributed by atoms with Crippen LogP contribution in [0.15, 0.2) is 30.5 Å². The van der Waals surface area contributed by atoms with Crippen LogP contribution in [0.1, 0.15) is 31.9 Å². The molecule has 0 spiro atoms. The van der Waals surface area contributed by atoms with E-state index in [1.54, 1.807) is 6.20 Å². The van der Waals surface area contributed by atoms with Crippen molar-refractivity contribution in [2.24, 2.45) is 5.92 Å². The number of rotatable bonds is 4. The molecule has 2 aromatic rings. The highest BCUT2D eigenvalue weighted by Gasteiger charge is 2.30. The Morgan fingerprint density at radius 1 is 1.16 bits per heavy atom. The SMILES string of the molecule is CC(Cc1cnc2ccccc2n1)C(=O)N1CCN(C2CCC2)CC1. The lowest BCUT2D eigenvalue weighted by molar-refractivity contribution is -0.137. The maximum Gasteiger partial charge on any atom is 0.225 e. The van der Waals surface area contributed by atoms with E-state index in [4.69, 9.17) is 0 Å². The summed E-state index contributed by atoms with van der Waals surface area (Å²) >= 11 is 0. The zero-order valence-corrected chi connectivity index (χ0v) is 14.9. The van der Waals surface area contributed by atoms with Gasteiger partial charge in [-0.1, -0.05) is 25.5 Å². The van der Waals surface area contributed by atoms with E-state index in [1.165, 1.54) is 19.3 Å². The number of carbonyl (C=O) groups is 1. The quantitative estimate of drug-likeness (QED) is 0.859. The molecule has 2 heterocycles. The van der Waals surface area contributed by atoms with E-state index in [-0.39, 0.29) is 11.8 Å². The first kappa shape index (κ1) is 16.5. The van der Waals surface area contributed by atoms with Crippen molar-refractivity contribution in [3.63, 3.8) is 0 Å². The van der Waals surface area contributed by atoms with Crippen molar-refractivity contribution in [3.05, 3.63) is 36.2 Å². The van der Waals surface area contributed by atoms with Gasteiger partial charge in [-0.3, -0.25) is 14.7 Å². The molecule has 1 atom stereocenters. The van der Waals surface area contributed by atoms with Crippen molar-refractivity contribution in [3.8, 4) is 0 Å². The van der Waals surface area contributed by atoms with Crippen LogP contribution < -0.4 is 0 Å². The van der Waals surface area contributed by atoms with E-state index >= 15 is 0 Å². The summed E-state index contributed by atoms with van der Waals surface area (Å²) in [4.78, 5) is 26.5. The highest BCUT2D eigenvalue weighted by molar-refractivity contribution is 5.79. The van der Waals surface area contributed by atoms with Gasteiger partial charge in [0, 0.05) is 50.8 Å². The lowest BCUT2D eigenvalue weighted by Crippen LogP contribution is -2.54. The maximum absolute atomic E-state index is 12.8. The highest BCUT2D eigenvalue weighted by Crippen LogP contribution is 2.26. The van der Waals surface area contributed by atoms with Gasteiger partial charge in [-0.2, -0.15) is 0 Å². The van der Waals surface area contributed by atoms with Crippen LogP contribution in [0, 0.1) is 5.92 Å². The number of carbonyl (C=O) groups excluding carboxylic acids is 1. The predicted molar refractivity (Wildman–Crippen MR) is 98.2 cm³/mol. The number of fused-ring (bicyclic) bond motifs is 1. The summed E-state index contributed by atoms with van der Waals surface area (Å²) in [5, 5.41) is 0. The Hall–Kier alpha value is -2.01. The normalized spacial score (nSPS) is 20.4. The Balaban J connectivity index is 1.35. The standard InChI is InChI=1S/C20H26N4O/c1-15(13-16-14-21-18-7-2-3-8-19(18)22-16)20(25)24-11-9-23(10-12-24)17-5-4-6-17/h2-3,7-8,14-15,17H,4-6,9-13H2,1H3. The van der Waals surface area contributed by atoms with Crippen LogP contribution in [-0.4, -0.2) is 57.9 Å². The molecule has 25 heavy (non-hydrogen) atoms. The topological polar surface area (TPSA) is 49.3 Å². The maximum atomic E-state index is 12.8. The minimum atomic E-state index is -0.0503. The molecule has 1 saturated carbocycles. The van der Waals surface area contributed by atoms with Gasteiger partial charge >= 0.3 is 0 Å². The molecular weight excluding hydrogens is 312 g/mol. The van der Waals surface area contributed by atoms with Gasteiger partial charge in [0.25, 0.3) is 0 Å². The van der Waals surface area contributed by atoms with Gasteiger partial charge in [-0.15, -0.1) is 0 Å². The molecule has 1 aromatic heterocycles. The van der Waals surface area contributed by atoms with Gasteiger partial charge in [-0.05, 0) is 25.0 Å². The van der Waals surface area contributed by atoms with Gasteiger partial charge in [0.2, 0.25) is 5.91 Å². The molecule has 0 radical (unpaired) electrons. The van der Waals surface area contributed by atoms with Gasteiger partial charge in [0.05, 0.1) is 16.7 Å². The smallest absolute Gasteiger partial charge is 0.225 e. The molecule has 2 fully saturated rings. The van der Waals surface area contributed by atoms with E-state index in [9.17, 15) is 4.79 Å². The fraction of sp³-hybridized carbons (Fsp3) is 0.550. The molecule has 132 valence electrons. The van der Waals surface area contributed by atoms with Crippen molar-refractivity contribution in [1.29, 1.82) is 0 Å². The molecule has 0 bridgehead atoms. The fourth-order valence-electron chi connectivity index (χ4n) is 3.87. The fourth-order valence-corrected chi connectivity index (χ4v) is 3.87. The van der Waals surface area contributed by atoms with E-state index in [2.05, 4.69) is 14.9 Å². The summed E-state index contributed by atoms with van der Waals surface area (Å²) in [7, 11) is 0. The number of piperazine rings is 1. The second-order valence-corrected chi connectivity index (χ2v) is 7.40. The van der Waals surface area contributed by atoms with E-state index < -0.39 is 0 Å². The van der Waals surface area contributed by atoms with Crippen molar-refractivity contribution in [2.75, 3.05) is 26.2 Å². The average molecular weight is 338 g/mol. The molecule has 1 aliphatic heterocycles. The second kappa shape index (κ2) is 7.08. The van der Waals surface area contributed by atoms with Gasteiger partial charge < -0.3 is 4.90 Å². The van der Waals surface area contributed by atoms with Crippen molar-refractivity contribution in [2.45, 2.75) is 38.6 Å². The monoisotopic (exact) mass is 338 g/mol. The van der Waals surface area contributed by atoms with E-state index in [1.807, 2.05) is 36.1 Å². The third kappa shape index (κ3) is 3.52. The molecule has 5 nitrogen and oxygen atoms in total. The molecule has 1 saturated heterocycles. The predicted octanol–water partition coefficient (Wildman–Crippen LogP) is 2.51. The minimum Gasteiger partial charge on any atom is -0.340 e. The number of aromatic nitrogens is 2. The molecule has 1 aliphatic carbocycles. The Morgan fingerprint density at radius 2 is 1.88 bits per heavy atom. The summed E-state index contributed by atoms with van der Waals surface area (Å²) in [5.41, 5.74) is 2.69. The number of hydrogen-bond donors (Lipinski definition) is 0. The Labute approximate surface area is 149 Å². The first-order chi connectivity index (χ1) is 12.2. The molecule has 1 aromatic carbocycles. The van der Waals surface area contributed by atoms with Crippen molar-refractivity contribution in [1.82, 2.24) is 19.8 Å². The first-order valence-electron chi connectivity index (χ1n) is 9.44. The number of amides is 1. The summed E-state index contributed by atoms with van der Waals surface area (Å²) < 4.78 is 0. The van der Waals surface area contributed by atoms with Gasteiger partial charge in [0.1, 0.15) is 0 Å². The molecule has 0 N–H and O–H groups in total. The molecule has 4 rings (SSSR count). The summed E-state index contributed by atoms with van der Waals surface area (Å²) in [6.07, 6.45) is 6.50. The molecule has 1 amide bonds. The Morgan fingerprint density at radius 3 is 2.56 bits per heavy atom. The van der Waals surface area contributed by atoms with Crippen LogP contribution >= 0.6 is 0 Å². The summed E-state index contributed by atoms with van der Waals surface area (Å²) in [6, 6.07) is 8.64. The van der Waals surface area contributed by atoms with Crippen LogP contribution in [0.5, 0.6) is 0 Å². The van der Waals surface area contributed by atoms with Gasteiger partial charge in [0.15, 0.2) is 0 Å². The molecular formula is C20H26N4O. The van der Waals surface area contributed by atoms with Crippen LogP contribution in [0.4, 0.5) is 0 Å². The lowest BCUT2D eigenvalue weighted by Gasteiger charge is -2.43. The molecule has 2 aliphatic rings. The Kier molecular flexibility index (Phi) is 4.66. The number of hydrogen-bond acceptors (Lipinski definition) is 4.